The molecule has 8 heteroatoms. The molecule has 0 aliphatic carbocycles. The Labute approximate surface area is 187 Å². The molecule has 0 saturated carbocycles. The highest BCUT2D eigenvalue weighted by Crippen LogP contribution is 2.31. The second kappa shape index (κ2) is 9.28. The highest BCUT2D eigenvalue weighted by Gasteiger charge is 2.35. The minimum absolute atomic E-state index is 0.0511. The first-order valence-corrected chi connectivity index (χ1v) is 12.3. The Kier molecular flexibility index (Phi) is 7.59. The van der Waals surface area contributed by atoms with Crippen LogP contribution in [0.15, 0.2) is 17.0 Å². The Hall–Kier alpha value is -1.93. The highest BCUT2D eigenvalue weighted by molar-refractivity contribution is 7.89. The van der Waals surface area contributed by atoms with Gasteiger partial charge in [-0.25, -0.2) is 8.42 Å². The van der Waals surface area contributed by atoms with Crippen molar-refractivity contribution in [2.45, 2.75) is 71.7 Å². The fourth-order valence-corrected chi connectivity index (χ4v) is 5.83. The third-order valence-electron chi connectivity index (χ3n) is 5.77. The molecule has 1 heterocycles. The van der Waals surface area contributed by atoms with Gasteiger partial charge >= 0.3 is 0 Å². The number of hydrogen-bond donors (Lipinski definition) is 1. The zero-order chi connectivity index (χ0) is 23.7. The minimum atomic E-state index is -3.66. The lowest BCUT2D eigenvalue weighted by molar-refractivity contribution is -0.138. The fourth-order valence-electron chi connectivity index (χ4n) is 4.00. The van der Waals surface area contributed by atoms with Crippen LogP contribution in [0.2, 0.25) is 0 Å². The van der Waals surface area contributed by atoms with E-state index < -0.39 is 16.1 Å². The topological polar surface area (TPSA) is 86.8 Å². The third-order valence-corrected chi connectivity index (χ3v) is 7.97. The number of nitrogens with one attached hydrogen (secondary N) is 1. The van der Waals surface area contributed by atoms with Gasteiger partial charge in [-0.3, -0.25) is 9.59 Å². The number of amides is 2. The molecule has 1 unspecified atom stereocenters. The molecule has 1 aliphatic rings. The number of benzene rings is 1. The maximum Gasteiger partial charge on any atom is 0.245 e. The Balaban J connectivity index is 2.20. The van der Waals surface area contributed by atoms with Crippen LogP contribution in [0.1, 0.15) is 58.2 Å². The van der Waals surface area contributed by atoms with E-state index >= 15 is 0 Å². The molecule has 2 rings (SSSR count). The van der Waals surface area contributed by atoms with E-state index in [1.54, 1.807) is 4.90 Å². The molecule has 174 valence electrons. The largest absolute Gasteiger partial charge is 0.344 e. The SMILES string of the molecule is CC(=O)NC(C(=O)N1CCN(S(=O)(=O)c2c(C)cc(C(C)(C)C)cc2C)CC1)C(C)C. The van der Waals surface area contributed by atoms with Gasteiger partial charge in [0.05, 0.1) is 4.90 Å². The summed E-state index contributed by atoms with van der Waals surface area (Å²) in [5.74, 6) is -0.466. The molecule has 1 aliphatic heterocycles. The van der Waals surface area contributed by atoms with E-state index in [-0.39, 0.29) is 36.2 Å². The van der Waals surface area contributed by atoms with Gasteiger partial charge in [-0.15, -0.1) is 0 Å². The van der Waals surface area contributed by atoms with Crippen LogP contribution in [-0.2, 0) is 25.0 Å². The summed E-state index contributed by atoms with van der Waals surface area (Å²) in [7, 11) is -3.66. The lowest BCUT2D eigenvalue weighted by Crippen LogP contribution is -2.56. The standard InChI is InChI=1S/C23H37N3O4S/c1-15(2)20(24-18(5)27)22(28)25-9-11-26(12-10-25)31(29,30)21-16(3)13-19(14-17(21)4)23(6,7)8/h13-15,20H,9-12H2,1-8H3,(H,24,27). The summed E-state index contributed by atoms with van der Waals surface area (Å²) in [6.45, 7) is 16.2. The molecule has 0 spiro atoms. The van der Waals surface area contributed by atoms with Crippen molar-refractivity contribution in [3.05, 3.63) is 28.8 Å². The first-order chi connectivity index (χ1) is 14.2. The summed E-state index contributed by atoms with van der Waals surface area (Å²) >= 11 is 0. The highest BCUT2D eigenvalue weighted by atomic mass is 32.2. The van der Waals surface area contributed by atoms with Crippen LogP contribution in [-0.4, -0.2) is 61.7 Å². The molecule has 0 aromatic heterocycles. The van der Waals surface area contributed by atoms with Crippen molar-refractivity contribution in [1.82, 2.24) is 14.5 Å². The van der Waals surface area contributed by atoms with E-state index in [9.17, 15) is 18.0 Å². The summed E-state index contributed by atoms with van der Waals surface area (Å²) in [5.41, 5.74) is 2.53. The molecule has 1 aromatic carbocycles. The van der Waals surface area contributed by atoms with Gasteiger partial charge in [0.15, 0.2) is 0 Å². The van der Waals surface area contributed by atoms with Crippen molar-refractivity contribution in [3.63, 3.8) is 0 Å². The number of piperazine rings is 1. The fraction of sp³-hybridized carbons (Fsp3) is 0.652. The van der Waals surface area contributed by atoms with Crippen molar-refractivity contribution in [3.8, 4) is 0 Å². The molecular weight excluding hydrogens is 414 g/mol. The van der Waals surface area contributed by atoms with Gasteiger partial charge in [-0.2, -0.15) is 4.31 Å². The first kappa shape index (κ1) is 25.3. The normalized spacial score (nSPS) is 17.0. The van der Waals surface area contributed by atoms with Gasteiger partial charge in [0.1, 0.15) is 6.04 Å². The summed E-state index contributed by atoms with van der Waals surface area (Å²) in [5, 5.41) is 2.71. The molecule has 1 N–H and O–H groups in total. The maximum absolute atomic E-state index is 13.4. The zero-order valence-corrected chi connectivity index (χ0v) is 20.9. The molecule has 1 aromatic rings. The lowest BCUT2D eigenvalue weighted by Gasteiger charge is -2.37. The van der Waals surface area contributed by atoms with Gasteiger partial charge in [0.25, 0.3) is 0 Å². The van der Waals surface area contributed by atoms with Gasteiger partial charge in [-0.1, -0.05) is 46.8 Å². The Morgan fingerprint density at radius 3 is 1.87 bits per heavy atom. The van der Waals surface area contributed by atoms with E-state index in [1.165, 1.54) is 11.2 Å². The van der Waals surface area contributed by atoms with Gasteiger partial charge in [0, 0.05) is 33.1 Å². The smallest absolute Gasteiger partial charge is 0.245 e. The van der Waals surface area contributed by atoms with Crippen molar-refractivity contribution >= 4 is 21.8 Å². The number of carbonyl (C=O) groups is 2. The number of aryl methyl sites for hydroxylation is 2. The van der Waals surface area contributed by atoms with Crippen molar-refractivity contribution in [2.24, 2.45) is 5.92 Å². The molecule has 2 amide bonds. The lowest BCUT2D eigenvalue weighted by atomic mass is 9.85. The Morgan fingerprint density at radius 2 is 1.48 bits per heavy atom. The molecule has 0 bridgehead atoms. The minimum Gasteiger partial charge on any atom is -0.344 e. The molecule has 0 radical (unpaired) electrons. The average molecular weight is 452 g/mol. The summed E-state index contributed by atoms with van der Waals surface area (Å²) < 4.78 is 28.3. The van der Waals surface area contributed by atoms with E-state index in [4.69, 9.17) is 0 Å². The molecule has 1 atom stereocenters. The van der Waals surface area contributed by atoms with Crippen LogP contribution in [0.5, 0.6) is 0 Å². The van der Waals surface area contributed by atoms with Crippen molar-refractivity contribution < 1.29 is 18.0 Å². The number of hydrogen-bond acceptors (Lipinski definition) is 4. The van der Waals surface area contributed by atoms with E-state index in [0.717, 1.165) is 16.7 Å². The quantitative estimate of drug-likeness (QED) is 0.746. The number of rotatable bonds is 5. The second-order valence-electron chi connectivity index (χ2n) is 9.84. The monoisotopic (exact) mass is 451 g/mol. The van der Waals surface area contributed by atoms with Crippen molar-refractivity contribution in [1.29, 1.82) is 0 Å². The van der Waals surface area contributed by atoms with E-state index in [2.05, 4.69) is 26.1 Å². The van der Waals surface area contributed by atoms with Crippen LogP contribution in [0, 0.1) is 19.8 Å². The van der Waals surface area contributed by atoms with Gasteiger partial charge < -0.3 is 10.2 Å². The average Bonchev–Trinajstić information content (AvgIpc) is 2.63. The first-order valence-electron chi connectivity index (χ1n) is 10.8. The number of nitrogens with zero attached hydrogens (tertiary/aromatic N) is 2. The maximum atomic E-state index is 13.4. The second-order valence-corrected chi connectivity index (χ2v) is 11.7. The Morgan fingerprint density at radius 1 is 1.00 bits per heavy atom. The summed E-state index contributed by atoms with van der Waals surface area (Å²) in [6, 6.07) is 3.32. The van der Waals surface area contributed by atoms with Crippen LogP contribution in [0.25, 0.3) is 0 Å². The van der Waals surface area contributed by atoms with Crippen LogP contribution >= 0.6 is 0 Å². The van der Waals surface area contributed by atoms with Gasteiger partial charge in [-0.05, 0) is 41.9 Å². The third kappa shape index (κ3) is 5.66. The molecule has 31 heavy (non-hydrogen) atoms. The summed E-state index contributed by atoms with van der Waals surface area (Å²) in [6.07, 6.45) is 0. The van der Waals surface area contributed by atoms with E-state index in [0.29, 0.717) is 18.0 Å². The van der Waals surface area contributed by atoms with Gasteiger partial charge in [0.2, 0.25) is 21.8 Å². The van der Waals surface area contributed by atoms with Crippen LogP contribution in [0.3, 0.4) is 0 Å². The van der Waals surface area contributed by atoms with E-state index in [1.807, 2.05) is 39.8 Å². The molecule has 1 saturated heterocycles. The predicted molar refractivity (Wildman–Crippen MR) is 122 cm³/mol. The Bertz CT molecular complexity index is 917. The number of carbonyl (C=O) groups excluding carboxylic acids is 2. The zero-order valence-electron chi connectivity index (χ0n) is 20.1. The van der Waals surface area contributed by atoms with Crippen LogP contribution < -0.4 is 5.32 Å². The summed E-state index contributed by atoms with van der Waals surface area (Å²) in [4.78, 5) is 26.4. The number of sulfonamides is 1. The molecular formula is C23H37N3O4S. The van der Waals surface area contributed by atoms with Crippen LogP contribution in [0.4, 0.5) is 0 Å². The molecule has 1 fully saturated rings. The predicted octanol–water partition coefficient (Wildman–Crippen LogP) is 2.59. The molecule has 7 nitrogen and oxygen atoms in total. The van der Waals surface area contributed by atoms with Crippen molar-refractivity contribution in [2.75, 3.05) is 26.2 Å².